The molecule has 3 rings (SSSR count). The van der Waals surface area contributed by atoms with Crippen LogP contribution in [-0.4, -0.2) is 14.7 Å². The second kappa shape index (κ2) is 3.55. The number of phenols is 1. The van der Waals surface area contributed by atoms with Crippen molar-refractivity contribution in [3.05, 3.63) is 52.8 Å². The van der Waals surface area contributed by atoms with E-state index < -0.39 is 0 Å². The van der Waals surface area contributed by atoms with Gasteiger partial charge in [0.2, 0.25) is 0 Å². The summed E-state index contributed by atoms with van der Waals surface area (Å²) in [6.45, 7) is 0.343. The van der Waals surface area contributed by atoms with Crippen LogP contribution in [0.3, 0.4) is 0 Å². The molecule has 0 unspecified atom stereocenters. The minimum absolute atomic E-state index is 0.129. The monoisotopic (exact) mass is 230 g/mol. The highest BCUT2D eigenvalue weighted by Crippen LogP contribution is 2.18. The fraction of sp³-hybridized carbons (Fsp3) is 0.0833. The van der Waals surface area contributed by atoms with Crippen LogP contribution in [0.1, 0.15) is 5.76 Å². The molecular weight excluding hydrogens is 220 g/mol. The van der Waals surface area contributed by atoms with Crippen molar-refractivity contribution in [2.24, 2.45) is 0 Å². The molecule has 0 spiro atoms. The Labute approximate surface area is 95.9 Å². The van der Waals surface area contributed by atoms with E-state index in [0.29, 0.717) is 23.3 Å². The highest BCUT2D eigenvalue weighted by molar-refractivity contribution is 5.76. The molecule has 0 amide bonds. The molecule has 86 valence electrons. The Bertz CT molecular complexity index is 707. The molecule has 2 N–H and O–H groups in total. The molecule has 0 aliphatic rings. The predicted octanol–water partition coefficient (Wildman–Crippen LogP) is 1.68. The number of hydrogen-bond donors (Lipinski definition) is 2. The Hall–Kier alpha value is -2.43. The maximum Gasteiger partial charge on any atom is 0.326 e. The van der Waals surface area contributed by atoms with E-state index in [-0.39, 0.29) is 11.4 Å². The lowest BCUT2D eigenvalue weighted by Gasteiger charge is -2.00. The molecule has 2 heterocycles. The second-order valence-electron chi connectivity index (χ2n) is 3.80. The average Bonchev–Trinajstić information content (AvgIpc) is 2.90. The Kier molecular flexibility index (Phi) is 2.04. The smallest absolute Gasteiger partial charge is 0.326 e. The van der Waals surface area contributed by atoms with Crippen LogP contribution in [0.5, 0.6) is 5.75 Å². The van der Waals surface area contributed by atoms with Gasteiger partial charge in [0.25, 0.3) is 0 Å². The van der Waals surface area contributed by atoms with Crippen molar-refractivity contribution in [1.29, 1.82) is 0 Å². The molecule has 0 bridgehead atoms. The fourth-order valence-electron chi connectivity index (χ4n) is 1.86. The molecule has 1 aromatic carbocycles. The summed E-state index contributed by atoms with van der Waals surface area (Å²) >= 11 is 0. The van der Waals surface area contributed by atoms with Crippen molar-refractivity contribution in [2.45, 2.75) is 6.54 Å². The lowest BCUT2D eigenvalue weighted by molar-refractivity contribution is 0.475. The molecule has 3 aromatic rings. The van der Waals surface area contributed by atoms with Crippen LogP contribution in [0.4, 0.5) is 0 Å². The number of rotatable bonds is 2. The Morgan fingerprint density at radius 2 is 2.24 bits per heavy atom. The summed E-state index contributed by atoms with van der Waals surface area (Å²) in [5, 5.41) is 9.44. The third kappa shape index (κ3) is 1.61. The molecule has 0 aliphatic carbocycles. The van der Waals surface area contributed by atoms with Crippen LogP contribution < -0.4 is 5.69 Å². The maximum absolute atomic E-state index is 11.8. The predicted molar refractivity (Wildman–Crippen MR) is 62.0 cm³/mol. The molecule has 0 fully saturated rings. The van der Waals surface area contributed by atoms with Crippen LogP contribution in [0, 0.1) is 0 Å². The first-order valence-corrected chi connectivity index (χ1v) is 5.18. The number of H-pyrrole nitrogens is 1. The third-order valence-electron chi connectivity index (χ3n) is 2.65. The summed E-state index contributed by atoms with van der Waals surface area (Å²) in [6.07, 6.45) is 1.56. The zero-order valence-electron chi connectivity index (χ0n) is 8.88. The molecule has 0 radical (unpaired) electrons. The Balaban J connectivity index is 2.17. The molecule has 5 heteroatoms. The molecule has 5 nitrogen and oxygen atoms in total. The fourth-order valence-corrected chi connectivity index (χ4v) is 1.86. The lowest BCUT2D eigenvalue weighted by Crippen LogP contribution is -2.16. The summed E-state index contributed by atoms with van der Waals surface area (Å²) in [4.78, 5) is 14.5. The van der Waals surface area contributed by atoms with Crippen LogP contribution in [0.25, 0.3) is 11.0 Å². The van der Waals surface area contributed by atoms with Crippen molar-refractivity contribution < 1.29 is 9.52 Å². The molecule has 0 atom stereocenters. The van der Waals surface area contributed by atoms with E-state index in [9.17, 15) is 9.90 Å². The number of aromatic hydroxyl groups is 1. The second-order valence-corrected chi connectivity index (χ2v) is 3.80. The van der Waals surface area contributed by atoms with Gasteiger partial charge in [-0.3, -0.25) is 4.57 Å². The number of nitrogens with zero attached hydrogens (tertiary/aromatic N) is 1. The van der Waals surface area contributed by atoms with Gasteiger partial charge in [0.05, 0.1) is 23.8 Å². The summed E-state index contributed by atoms with van der Waals surface area (Å²) < 4.78 is 6.73. The van der Waals surface area contributed by atoms with Crippen LogP contribution >= 0.6 is 0 Å². The van der Waals surface area contributed by atoms with Gasteiger partial charge in [-0.2, -0.15) is 0 Å². The summed E-state index contributed by atoms with van der Waals surface area (Å²) in [5.41, 5.74) is 1.13. The SMILES string of the molecule is O=c1[nH]c2ccc(O)cc2n1Cc1ccco1. The van der Waals surface area contributed by atoms with Crippen molar-refractivity contribution >= 4 is 11.0 Å². The van der Waals surface area contributed by atoms with Gasteiger partial charge in [-0.15, -0.1) is 0 Å². The number of furan rings is 1. The van der Waals surface area contributed by atoms with E-state index in [2.05, 4.69) is 4.98 Å². The quantitative estimate of drug-likeness (QED) is 0.703. The number of aromatic nitrogens is 2. The number of phenolic OH excluding ortho intramolecular Hbond substituents is 1. The van der Waals surface area contributed by atoms with Gasteiger partial charge >= 0.3 is 5.69 Å². The Morgan fingerprint density at radius 3 is 3.00 bits per heavy atom. The Morgan fingerprint density at radius 1 is 1.35 bits per heavy atom. The summed E-state index contributed by atoms with van der Waals surface area (Å²) in [7, 11) is 0. The molecule has 0 saturated carbocycles. The van der Waals surface area contributed by atoms with Crippen LogP contribution in [0.2, 0.25) is 0 Å². The van der Waals surface area contributed by atoms with E-state index in [1.807, 2.05) is 0 Å². The van der Waals surface area contributed by atoms with E-state index in [4.69, 9.17) is 4.42 Å². The van der Waals surface area contributed by atoms with Gasteiger partial charge in [-0.25, -0.2) is 4.79 Å². The number of nitrogens with one attached hydrogen (secondary N) is 1. The van der Waals surface area contributed by atoms with Gasteiger partial charge in [-0.05, 0) is 24.3 Å². The normalized spacial score (nSPS) is 11.1. The van der Waals surface area contributed by atoms with Gasteiger partial charge in [-0.1, -0.05) is 0 Å². The first-order chi connectivity index (χ1) is 8.24. The van der Waals surface area contributed by atoms with Crippen molar-refractivity contribution in [3.63, 3.8) is 0 Å². The molecule has 2 aromatic heterocycles. The third-order valence-corrected chi connectivity index (χ3v) is 2.65. The van der Waals surface area contributed by atoms with Gasteiger partial charge < -0.3 is 14.5 Å². The largest absolute Gasteiger partial charge is 0.508 e. The average molecular weight is 230 g/mol. The van der Waals surface area contributed by atoms with Gasteiger partial charge in [0.15, 0.2) is 0 Å². The van der Waals surface area contributed by atoms with E-state index in [1.165, 1.54) is 10.6 Å². The zero-order chi connectivity index (χ0) is 11.8. The van der Waals surface area contributed by atoms with E-state index >= 15 is 0 Å². The molecular formula is C12H10N2O3. The molecule has 0 aliphatic heterocycles. The van der Waals surface area contributed by atoms with Gasteiger partial charge in [0.1, 0.15) is 11.5 Å². The van der Waals surface area contributed by atoms with Crippen molar-refractivity contribution in [1.82, 2.24) is 9.55 Å². The first-order valence-electron chi connectivity index (χ1n) is 5.18. The zero-order valence-corrected chi connectivity index (χ0v) is 8.88. The van der Waals surface area contributed by atoms with Crippen LogP contribution in [0.15, 0.2) is 45.8 Å². The minimum Gasteiger partial charge on any atom is -0.508 e. The maximum atomic E-state index is 11.8. The van der Waals surface area contributed by atoms with E-state index in [1.54, 1.807) is 30.5 Å². The van der Waals surface area contributed by atoms with E-state index in [0.717, 1.165) is 0 Å². The number of hydrogen-bond acceptors (Lipinski definition) is 3. The summed E-state index contributed by atoms with van der Waals surface area (Å²) in [5.74, 6) is 0.820. The molecule has 17 heavy (non-hydrogen) atoms. The highest BCUT2D eigenvalue weighted by Gasteiger charge is 2.08. The number of benzene rings is 1. The lowest BCUT2D eigenvalue weighted by atomic mass is 10.3. The van der Waals surface area contributed by atoms with Crippen molar-refractivity contribution in [2.75, 3.05) is 0 Å². The first kappa shape index (κ1) is 9.77. The number of aromatic amines is 1. The molecule has 0 saturated heterocycles. The topological polar surface area (TPSA) is 71.2 Å². The number of fused-ring (bicyclic) bond motifs is 1. The standard InChI is InChI=1S/C12H10N2O3/c15-8-3-4-10-11(6-8)14(12(16)13-10)7-9-2-1-5-17-9/h1-6,15H,7H2,(H,13,16). The van der Waals surface area contributed by atoms with Crippen molar-refractivity contribution in [3.8, 4) is 5.75 Å². The van der Waals surface area contributed by atoms with Crippen LogP contribution in [-0.2, 0) is 6.54 Å². The van der Waals surface area contributed by atoms with Gasteiger partial charge in [0, 0.05) is 6.07 Å². The summed E-state index contributed by atoms with van der Waals surface area (Å²) in [6, 6.07) is 8.33. The highest BCUT2D eigenvalue weighted by atomic mass is 16.3. The minimum atomic E-state index is -0.220. The number of imidazole rings is 1.